The van der Waals surface area contributed by atoms with Gasteiger partial charge in [0.15, 0.2) is 17.3 Å². The molecule has 0 aliphatic heterocycles. The molecule has 3 N–H and O–H groups in total. The van der Waals surface area contributed by atoms with Crippen LogP contribution < -0.4 is 10.5 Å². The number of pyridine rings is 1. The summed E-state index contributed by atoms with van der Waals surface area (Å²) in [6, 6.07) is 2.32. The first-order valence-electron chi connectivity index (χ1n) is 5.50. The topological polar surface area (TPSA) is 115 Å². The first-order chi connectivity index (χ1) is 9.90. The Morgan fingerprint density at radius 1 is 1.33 bits per heavy atom. The van der Waals surface area contributed by atoms with E-state index in [1.54, 1.807) is 0 Å². The van der Waals surface area contributed by atoms with Crippen molar-refractivity contribution in [3.05, 3.63) is 57.9 Å². The third-order valence-electron chi connectivity index (χ3n) is 2.49. The van der Waals surface area contributed by atoms with Gasteiger partial charge in [-0.3, -0.25) is 20.5 Å². The minimum absolute atomic E-state index is 0.0721. The van der Waals surface area contributed by atoms with Gasteiger partial charge in [-0.2, -0.15) is 4.39 Å². The number of rotatable bonds is 4. The molecule has 1 heterocycles. The van der Waals surface area contributed by atoms with Crippen molar-refractivity contribution in [3.8, 4) is 11.5 Å². The molecule has 108 valence electrons. The largest absolute Gasteiger partial charge is 0.452 e. The summed E-state index contributed by atoms with van der Waals surface area (Å²) in [5.41, 5.74) is 4.44. The smallest absolute Gasteiger partial charge is 0.307 e. The van der Waals surface area contributed by atoms with Crippen molar-refractivity contribution in [2.75, 3.05) is 0 Å². The van der Waals surface area contributed by atoms with Gasteiger partial charge in [-0.25, -0.2) is 4.39 Å². The zero-order valence-electron chi connectivity index (χ0n) is 10.3. The van der Waals surface area contributed by atoms with Crippen LogP contribution in [0.4, 0.5) is 14.5 Å². The van der Waals surface area contributed by atoms with Crippen molar-refractivity contribution >= 4 is 11.5 Å². The Hall–Kier alpha value is -3.10. The highest BCUT2D eigenvalue weighted by Gasteiger charge is 2.20. The van der Waals surface area contributed by atoms with Gasteiger partial charge in [-0.15, -0.1) is 0 Å². The Balaban J connectivity index is 2.44. The van der Waals surface area contributed by atoms with Crippen LogP contribution in [0.3, 0.4) is 0 Å². The predicted molar refractivity (Wildman–Crippen MR) is 68.3 cm³/mol. The molecular formula is C12H8F2N4O3. The van der Waals surface area contributed by atoms with Crippen LogP contribution in [0.5, 0.6) is 11.5 Å². The first-order valence-corrected chi connectivity index (χ1v) is 5.50. The molecule has 0 fully saturated rings. The summed E-state index contributed by atoms with van der Waals surface area (Å²) in [4.78, 5) is 13.2. The fourth-order valence-electron chi connectivity index (χ4n) is 1.54. The number of halogens is 2. The molecule has 0 aliphatic carbocycles. The van der Waals surface area contributed by atoms with Gasteiger partial charge in [-0.05, 0) is 6.07 Å². The van der Waals surface area contributed by atoms with Crippen molar-refractivity contribution < 1.29 is 18.4 Å². The second-order valence-corrected chi connectivity index (χ2v) is 3.88. The molecule has 7 nitrogen and oxygen atoms in total. The SMILES string of the molecule is N=C(N)c1ccncc1Oc1cc(F)c([N+](=O)[O-])cc1F. The molecule has 0 atom stereocenters. The van der Waals surface area contributed by atoms with E-state index in [0.717, 1.165) is 6.20 Å². The van der Waals surface area contributed by atoms with Gasteiger partial charge in [-0.1, -0.05) is 0 Å². The summed E-state index contributed by atoms with van der Waals surface area (Å²) in [7, 11) is 0. The number of nitrogens with zero attached hydrogens (tertiary/aromatic N) is 2. The quantitative estimate of drug-likeness (QED) is 0.388. The maximum Gasteiger partial charge on any atom is 0.307 e. The molecule has 21 heavy (non-hydrogen) atoms. The van der Waals surface area contributed by atoms with E-state index in [2.05, 4.69) is 4.98 Å². The number of ether oxygens (including phenoxy) is 1. The Kier molecular flexibility index (Phi) is 3.74. The molecule has 1 aromatic heterocycles. The number of nitrogens with one attached hydrogen (secondary N) is 1. The third-order valence-corrected chi connectivity index (χ3v) is 2.49. The number of aromatic nitrogens is 1. The molecule has 2 aromatic rings. The lowest BCUT2D eigenvalue weighted by atomic mass is 10.2. The molecule has 0 bridgehead atoms. The van der Waals surface area contributed by atoms with E-state index in [1.165, 1.54) is 12.3 Å². The van der Waals surface area contributed by atoms with Crippen LogP contribution in [0.15, 0.2) is 30.6 Å². The van der Waals surface area contributed by atoms with E-state index in [9.17, 15) is 18.9 Å². The van der Waals surface area contributed by atoms with E-state index in [1.807, 2.05) is 0 Å². The number of amidine groups is 1. The molecule has 9 heteroatoms. The minimum atomic E-state index is -1.25. The Morgan fingerprint density at radius 3 is 2.67 bits per heavy atom. The molecular weight excluding hydrogens is 286 g/mol. The molecule has 0 aliphatic rings. The summed E-state index contributed by atoms with van der Waals surface area (Å²) in [6.45, 7) is 0. The highest BCUT2D eigenvalue weighted by atomic mass is 19.1. The van der Waals surface area contributed by atoms with Crippen molar-refractivity contribution in [3.63, 3.8) is 0 Å². The summed E-state index contributed by atoms with van der Waals surface area (Å²) in [6.07, 6.45) is 2.51. The van der Waals surface area contributed by atoms with Crippen LogP contribution in [-0.4, -0.2) is 15.7 Å². The maximum absolute atomic E-state index is 13.7. The molecule has 2 rings (SSSR count). The first kappa shape index (κ1) is 14.3. The summed E-state index contributed by atoms with van der Waals surface area (Å²) < 4.78 is 32.3. The van der Waals surface area contributed by atoms with E-state index in [4.69, 9.17) is 15.9 Å². The van der Waals surface area contributed by atoms with Crippen molar-refractivity contribution in [2.24, 2.45) is 5.73 Å². The van der Waals surface area contributed by atoms with Crippen LogP contribution >= 0.6 is 0 Å². The standard InChI is InChI=1S/C12H8F2N4O3/c13-7-4-10(8(14)3-9(7)18(19)20)21-11-5-17-2-1-6(11)12(15)16/h1-5H,(H3,15,16). The van der Waals surface area contributed by atoms with Gasteiger partial charge in [0.25, 0.3) is 0 Å². The van der Waals surface area contributed by atoms with E-state index in [-0.39, 0.29) is 17.1 Å². The molecule has 0 saturated carbocycles. The van der Waals surface area contributed by atoms with Gasteiger partial charge >= 0.3 is 5.69 Å². The number of nitrogens with two attached hydrogens (primary N) is 1. The zero-order chi connectivity index (χ0) is 15.6. The average Bonchev–Trinajstić information content (AvgIpc) is 2.42. The highest BCUT2D eigenvalue weighted by Crippen LogP contribution is 2.31. The molecule has 0 radical (unpaired) electrons. The van der Waals surface area contributed by atoms with Crippen LogP contribution in [0, 0.1) is 27.2 Å². The van der Waals surface area contributed by atoms with Gasteiger partial charge < -0.3 is 10.5 Å². The van der Waals surface area contributed by atoms with E-state index >= 15 is 0 Å². The Morgan fingerprint density at radius 2 is 2.05 bits per heavy atom. The van der Waals surface area contributed by atoms with Gasteiger partial charge in [0.1, 0.15) is 5.84 Å². The lowest BCUT2D eigenvalue weighted by Gasteiger charge is -2.10. The van der Waals surface area contributed by atoms with Crippen LogP contribution in [0.25, 0.3) is 0 Å². The second kappa shape index (κ2) is 5.49. The number of nitrogen functional groups attached to an aromatic ring is 1. The van der Waals surface area contributed by atoms with Crippen molar-refractivity contribution in [1.82, 2.24) is 4.98 Å². The fraction of sp³-hybridized carbons (Fsp3) is 0. The number of nitro groups is 1. The number of nitro benzene ring substituents is 1. The van der Waals surface area contributed by atoms with Gasteiger partial charge in [0, 0.05) is 12.3 Å². The molecule has 1 aromatic carbocycles. The second-order valence-electron chi connectivity index (χ2n) is 3.88. The lowest BCUT2D eigenvalue weighted by Crippen LogP contribution is -2.12. The molecule has 0 unspecified atom stereocenters. The van der Waals surface area contributed by atoms with Crippen LogP contribution in [0.1, 0.15) is 5.56 Å². The average molecular weight is 294 g/mol. The van der Waals surface area contributed by atoms with Gasteiger partial charge in [0.05, 0.1) is 22.7 Å². The molecule has 0 saturated heterocycles. The maximum atomic E-state index is 13.7. The predicted octanol–water partition coefficient (Wildman–Crippen LogP) is 2.34. The van der Waals surface area contributed by atoms with Crippen LogP contribution in [-0.2, 0) is 0 Å². The summed E-state index contributed by atoms with van der Waals surface area (Å²) in [5.74, 6) is -3.37. The number of benzene rings is 1. The normalized spacial score (nSPS) is 10.2. The molecule has 0 spiro atoms. The lowest BCUT2D eigenvalue weighted by molar-refractivity contribution is -0.387. The molecule has 0 amide bonds. The highest BCUT2D eigenvalue weighted by molar-refractivity contribution is 5.97. The number of hydrogen-bond donors (Lipinski definition) is 2. The van der Waals surface area contributed by atoms with Crippen LogP contribution in [0.2, 0.25) is 0 Å². The van der Waals surface area contributed by atoms with Crippen molar-refractivity contribution in [1.29, 1.82) is 5.41 Å². The Bertz CT molecular complexity index is 736. The van der Waals surface area contributed by atoms with E-state index in [0.29, 0.717) is 12.1 Å². The number of hydrogen-bond acceptors (Lipinski definition) is 5. The third kappa shape index (κ3) is 2.91. The summed E-state index contributed by atoms with van der Waals surface area (Å²) in [5, 5.41) is 17.8. The fourth-order valence-corrected chi connectivity index (χ4v) is 1.54. The summed E-state index contributed by atoms with van der Waals surface area (Å²) >= 11 is 0. The minimum Gasteiger partial charge on any atom is -0.452 e. The van der Waals surface area contributed by atoms with Crippen molar-refractivity contribution in [2.45, 2.75) is 0 Å². The van der Waals surface area contributed by atoms with E-state index < -0.39 is 28.0 Å². The monoisotopic (exact) mass is 294 g/mol. The zero-order valence-corrected chi connectivity index (χ0v) is 10.3. The Labute approximate surface area is 116 Å². The van der Waals surface area contributed by atoms with Gasteiger partial charge in [0.2, 0.25) is 5.82 Å².